The average Bonchev–Trinajstić information content (AvgIpc) is 2.29. The Morgan fingerprint density at radius 1 is 1.56 bits per heavy atom. The standard InChI is InChI=1S/C11H16N2O3/c1-11(8-12,5-6-14)9-3-2-4-10(7-9)13(15)16/h2-4,7,14H,5-6,8,12H2,1H3. The van der Waals surface area contributed by atoms with Crippen LogP contribution >= 0.6 is 0 Å². The molecule has 0 saturated carbocycles. The Morgan fingerprint density at radius 2 is 2.25 bits per heavy atom. The van der Waals surface area contributed by atoms with E-state index in [9.17, 15) is 10.1 Å². The molecule has 0 aliphatic heterocycles. The van der Waals surface area contributed by atoms with E-state index in [-0.39, 0.29) is 12.3 Å². The number of hydrogen-bond acceptors (Lipinski definition) is 4. The van der Waals surface area contributed by atoms with Crippen LogP contribution in [0.3, 0.4) is 0 Å². The first-order valence-corrected chi connectivity index (χ1v) is 5.09. The van der Waals surface area contributed by atoms with Crippen molar-refractivity contribution in [2.75, 3.05) is 13.2 Å². The largest absolute Gasteiger partial charge is 0.396 e. The van der Waals surface area contributed by atoms with Crippen LogP contribution in [-0.4, -0.2) is 23.2 Å². The Bertz CT molecular complexity index is 381. The molecule has 16 heavy (non-hydrogen) atoms. The molecule has 0 radical (unpaired) electrons. The van der Waals surface area contributed by atoms with Crippen LogP contribution in [0.1, 0.15) is 18.9 Å². The Hall–Kier alpha value is -1.46. The molecular weight excluding hydrogens is 208 g/mol. The van der Waals surface area contributed by atoms with Gasteiger partial charge in [0.25, 0.3) is 5.69 Å². The summed E-state index contributed by atoms with van der Waals surface area (Å²) >= 11 is 0. The van der Waals surface area contributed by atoms with Gasteiger partial charge in [0.15, 0.2) is 0 Å². The minimum absolute atomic E-state index is 0.0103. The van der Waals surface area contributed by atoms with E-state index in [0.29, 0.717) is 13.0 Å². The second kappa shape index (κ2) is 5.05. The summed E-state index contributed by atoms with van der Waals surface area (Å²) in [5.74, 6) is 0. The van der Waals surface area contributed by atoms with E-state index < -0.39 is 10.3 Å². The molecule has 1 aromatic carbocycles. The van der Waals surface area contributed by atoms with Crippen molar-refractivity contribution in [1.29, 1.82) is 0 Å². The minimum atomic E-state index is -0.431. The molecule has 1 unspecified atom stereocenters. The summed E-state index contributed by atoms with van der Waals surface area (Å²) in [4.78, 5) is 10.2. The number of benzene rings is 1. The number of nitro groups is 1. The average molecular weight is 224 g/mol. The molecule has 1 rings (SSSR count). The number of hydrogen-bond donors (Lipinski definition) is 2. The van der Waals surface area contributed by atoms with Gasteiger partial charge in [0.05, 0.1) is 4.92 Å². The zero-order valence-electron chi connectivity index (χ0n) is 9.22. The highest BCUT2D eigenvalue weighted by Gasteiger charge is 2.25. The highest BCUT2D eigenvalue weighted by Crippen LogP contribution is 2.28. The maximum atomic E-state index is 10.7. The fourth-order valence-electron chi connectivity index (χ4n) is 1.61. The van der Waals surface area contributed by atoms with Crippen LogP contribution in [-0.2, 0) is 5.41 Å². The highest BCUT2D eigenvalue weighted by molar-refractivity contribution is 5.38. The van der Waals surface area contributed by atoms with Crippen LogP contribution in [0.15, 0.2) is 24.3 Å². The Balaban J connectivity index is 3.10. The van der Waals surface area contributed by atoms with E-state index in [1.807, 2.05) is 6.92 Å². The second-order valence-corrected chi connectivity index (χ2v) is 4.05. The van der Waals surface area contributed by atoms with Crippen LogP contribution in [0.5, 0.6) is 0 Å². The molecule has 1 atom stereocenters. The second-order valence-electron chi connectivity index (χ2n) is 4.05. The van der Waals surface area contributed by atoms with Gasteiger partial charge in [-0.2, -0.15) is 0 Å². The third-order valence-electron chi connectivity index (χ3n) is 2.87. The maximum Gasteiger partial charge on any atom is 0.269 e. The smallest absolute Gasteiger partial charge is 0.269 e. The van der Waals surface area contributed by atoms with Gasteiger partial charge in [0.2, 0.25) is 0 Å². The van der Waals surface area contributed by atoms with Crippen molar-refractivity contribution in [3.05, 3.63) is 39.9 Å². The molecule has 0 heterocycles. The summed E-state index contributed by atoms with van der Waals surface area (Å²) in [7, 11) is 0. The van der Waals surface area contributed by atoms with Crippen LogP contribution in [0.4, 0.5) is 5.69 Å². The van der Waals surface area contributed by atoms with Crippen molar-refractivity contribution in [2.45, 2.75) is 18.8 Å². The topological polar surface area (TPSA) is 89.4 Å². The van der Waals surface area contributed by atoms with Gasteiger partial charge in [-0.25, -0.2) is 0 Å². The van der Waals surface area contributed by atoms with E-state index in [1.54, 1.807) is 12.1 Å². The molecule has 0 bridgehead atoms. The molecule has 0 aliphatic carbocycles. The third kappa shape index (κ3) is 2.56. The van der Waals surface area contributed by atoms with Gasteiger partial charge in [0.1, 0.15) is 0 Å². The maximum absolute atomic E-state index is 10.7. The lowest BCUT2D eigenvalue weighted by molar-refractivity contribution is -0.385. The van der Waals surface area contributed by atoms with E-state index >= 15 is 0 Å². The highest BCUT2D eigenvalue weighted by atomic mass is 16.6. The number of nitrogens with zero attached hydrogens (tertiary/aromatic N) is 1. The first kappa shape index (κ1) is 12.6. The number of nitro benzene ring substituents is 1. The number of aliphatic hydroxyl groups is 1. The summed E-state index contributed by atoms with van der Waals surface area (Å²) < 4.78 is 0. The number of nitrogens with two attached hydrogens (primary N) is 1. The van der Waals surface area contributed by atoms with E-state index in [1.165, 1.54) is 12.1 Å². The van der Waals surface area contributed by atoms with E-state index in [4.69, 9.17) is 10.8 Å². The van der Waals surface area contributed by atoms with Crippen molar-refractivity contribution in [2.24, 2.45) is 5.73 Å². The summed E-state index contributed by atoms with van der Waals surface area (Å²) in [5.41, 5.74) is 6.10. The molecule has 0 fully saturated rings. The first-order chi connectivity index (χ1) is 7.53. The van der Waals surface area contributed by atoms with Crippen LogP contribution < -0.4 is 5.73 Å². The molecule has 0 amide bonds. The van der Waals surface area contributed by atoms with Crippen molar-refractivity contribution in [3.63, 3.8) is 0 Å². The molecule has 0 aliphatic rings. The number of non-ortho nitro benzene ring substituents is 1. The molecule has 5 heteroatoms. The fraction of sp³-hybridized carbons (Fsp3) is 0.455. The summed E-state index contributed by atoms with van der Waals surface area (Å²) in [6.45, 7) is 2.24. The van der Waals surface area contributed by atoms with Crippen LogP contribution in [0.2, 0.25) is 0 Å². The van der Waals surface area contributed by atoms with Gasteiger partial charge >= 0.3 is 0 Å². The quantitative estimate of drug-likeness (QED) is 0.580. The predicted octanol–water partition coefficient (Wildman–Crippen LogP) is 1.19. The molecule has 0 aromatic heterocycles. The molecular formula is C11H16N2O3. The lowest BCUT2D eigenvalue weighted by atomic mass is 9.80. The lowest BCUT2D eigenvalue weighted by Gasteiger charge is -2.27. The van der Waals surface area contributed by atoms with Gasteiger partial charge in [-0.05, 0) is 12.0 Å². The van der Waals surface area contributed by atoms with E-state index in [2.05, 4.69) is 0 Å². The molecule has 5 nitrogen and oxygen atoms in total. The Morgan fingerprint density at radius 3 is 2.75 bits per heavy atom. The van der Waals surface area contributed by atoms with Gasteiger partial charge < -0.3 is 10.8 Å². The Labute approximate surface area is 94.0 Å². The van der Waals surface area contributed by atoms with Crippen LogP contribution in [0, 0.1) is 10.1 Å². The molecule has 88 valence electrons. The van der Waals surface area contributed by atoms with Gasteiger partial charge in [0, 0.05) is 30.7 Å². The zero-order valence-corrected chi connectivity index (χ0v) is 9.22. The van der Waals surface area contributed by atoms with Gasteiger partial charge in [-0.15, -0.1) is 0 Å². The monoisotopic (exact) mass is 224 g/mol. The molecule has 3 N–H and O–H groups in total. The number of aliphatic hydroxyl groups excluding tert-OH is 1. The SMILES string of the molecule is CC(CN)(CCO)c1cccc([N+](=O)[O-])c1. The van der Waals surface area contributed by atoms with Crippen LogP contribution in [0.25, 0.3) is 0 Å². The predicted molar refractivity (Wildman–Crippen MR) is 61.2 cm³/mol. The summed E-state index contributed by atoms with van der Waals surface area (Å²) in [6, 6.07) is 6.40. The molecule has 0 spiro atoms. The third-order valence-corrected chi connectivity index (χ3v) is 2.87. The van der Waals surface area contributed by atoms with Crippen molar-refractivity contribution in [3.8, 4) is 0 Å². The molecule has 0 saturated heterocycles. The normalized spacial score (nSPS) is 14.4. The van der Waals surface area contributed by atoms with E-state index in [0.717, 1.165) is 5.56 Å². The van der Waals surface area contributed by atoms with Crippen molar-refractivity contribution >= 4 is 5.69 Å². The van der Waals surface area contributed by atoms with Crippen molar-refractivity contribution < 1.29 is 10.0 Å². The van der Waals surface area contributed by atoms with Gasteiger partial charge in [-0.1, -0.05) is 19.1 Å². The van der Waals surface area contributed by atoms with Crippen molar-refractivity contribution in [1.82, 2.24) is 0 Å². The Kier molecular flexibility index (Phi) is 3.98. The summed E-state index contributed by atoms with van der Waals surface area (Å²) in [6.07, 6.45) is 0.491. The zero-order chi connectivity index (χ0) is 12.2. The first-order valence-electron chi connectivity index (χ1n) is 5.09. The molecule has 1 aromatic rings. The van der Waals surface area contributed by atoms with Gasteiger partial charge in [-0.3, -0.25) is 10.1 Å². The summed E-state index contributed by atoms with van der Waals surface area (Å²) in [5, 5.41) is 19.6. The minimum Gasteiger partial charge on any atom is -0.396 e. The fourth-order valence-corrected chi connectivity index (χ4v) is 1.61. The number of rotatable bonds is 5. The lowest BCUT2D eigenvalue weighted by Crippen LogP contribution is -2.32.